The first-order valence-electron chi connectivity index (χ1n) is 5.33. The minimum atomic E-state index is 0.334. The predicted molar refractivity (Wildman–Crippen MR) is 69.2 cm³/mol. The summed E-state index contributed by atoms with van der Waals surface area (Å²) in [7, 11) is 1.68. The smallest absolute Gasteiger partial charge is 0.122 e. The van der Waals surface area contributed by atoms with Crippen molar-refractivity contribution in [1.29, 1.82) is 0 Å². The molecule has 1 rings (SSSR count). The summed E-state index contributed by atoms with van der Waals surface area (Å²) in [5.41, 5.74) is 2.16. The molecule has 16 heavy (non-hydrogen) atoms. The molecule has 0 bridgehead atoms. The molecule has 0 aliphatic carbocycles. The standard InChI is InChI=1S/C14H17ClO/c1-5-6-7-10(2)12-9-13(15)11(3)8-14(12)16-4/h8-10H,7H2,1-4H3. The number of hydrogen-bond acceptors (Lipinski definition) is 1. The van der Waals surface area contributed by atoms with Crippen molar-refractivity contribution < 1.29 is 4.74 Å². The highest BCUT2D eigenvalue weighted by Gasteiger charge is 2.12. The van der Waals surface area contributed by atoms with Gasteiger partial charge in [0, 0.05) is 11.4 Å². The molecule has 0 N–H and O–H groups in total. The van der Waals surface area contributed by atoms with Gasteiger partial charge in [0.1, 0.15) is 5.75 Å². The van der Waals surface area contributed by atoms with Crippen molar-refractivity contribution in [2.24, 2.45) is 0 Å². The summed E-state index contributed by atoms with van der Waals surface area (Å²) < 4.78 is 5.38. The molecule has 0 aromatic heterocycles. The van der Waals surface area contributed by atoms with E-state index < -0.39 is 0 Å². The fourth-order valence-corrected chi connectivity index (χ4v) is 1.77. The van der Waals surface area contributed by atoms with Gasteiger partial charge in [-0.3, -0.25) is 0 Å². The molecular formula is C14H17ClO. The van der Waals surface area contributed by atoms with Crippen LogP contribution in [0.3, 0.4) is 0 Å². The van der Waals surface area contributed by atoms with Crippen LogP contribution in [0.4, 0.5) is 0 Å². The summed E-state index contributed by atoms with van der Waals surface area (Å²) in [5, 5.41) is 0.784. The van der Waals surface area contributed by atoms with Crippen LogP contribution in [0.25, 0.3) is 0 Å². The average Bonchev–Trinajstić information content (AvgIpc) is 2.28. The van der Waals surface area contributed by atoms with Crippen molar-refractivity contribution in [3.63, 3.8) is 0 Å². The second-order valence-electron chi connectivity index (χ2n) is 3.88. The third kappa shape index (κ3) is 2.93. The first-order valence-corrected chi connectivity index (χ1v) is 5.71. The van der Waals surface area contributed by atoms with E-state index in [1.807, 2.05) is 26.0 Å². The van der Waals surface area contributed by atoms with Crippen LogP contribution in [0.15, 0.2) is 12.1 Å². The Morgan fingerprint density at radius 3 is 2.69 bits per heavy atom. The molecule has 0 amide bonds. The Kier molecular flexibility index (Phi) is 4.71. The number of benzene rings is 1. The van der Waals surface area contributed by atoms with Crippen LogP contribution in [0, 0.1) is 18.8 Å². The molecule has 0 aliphatic heterocycles. The summed E-state index contributed by atoms with van der Waals surface area (Å²) >= 11 is 6.13. The van der Waals surface area contributed by atoms with Crippen LogP contribution in [0.1, 0.15) is 37.3 Å². The van der Waals surface area contributed by atoms with Gasteiger partial charge in [0.2, 0.25) is 0 Å². The van der Waals surface area contributed by atoms with Gasteiger partial charge < -0.3 is 4.74 Å². The third-order valence-electron chi connectivity index (χ3n) is 2.63. The molecule has 0 fully saturated rings. The highest BCUT2D eigenvalue weighted by atomic mass is 35.5. The summed E-state index contributed by atoms with van der Waals surface area (Å²) in [6, 6.07) is 3.96. The number of ether oxygens (including phenoxy) is 1. The predicted octanol–water partition coefficient (Wildman–Crippen LogP) is 4.17. The third-order valence-corrected chi connectivity index (χ3v) is 3.03. The first-order chi connectivity index (χ1) is 7.60. The quantitative estimate of drug-likeness (QED) is 0.716. The Morgan fingerprint density at radius 2 is 2.12 bits per heavy atom. The molecule has 0 saturated heterocycles. The molecule has 0 heterocycles. The Balaban J connectivity index is 3.09. The molecule has 0 radical (unpaired) electrons. The molecular weight excluding hydrogens is 220 g/mol. The van der Waals surface area contributed by atoms with Gasteiger partial charge in [-0.2, -0.15) is 0 Å². The summed E-state index contributed by atoms with van der Waals surface area (Å²) in [6.45, 7) is 5.96. The summed E-state index contributed by atoms with van der Waals surface area (Å²) in [4.78, 5) is 0. The van der Waals surface area contributed by atoms with Gasteiger partial charge in [0.05, 0.1) is 7.11 Å². The van der Waals surface area contributed by atoms with E-state index in [4.69, 9.17) is 16.3 Å². The Labute approximate surface area is 103 Å². The fourth-order valence-electron chi connectivity index (χ4n) is 1.60. The number of hydrogen-bond donors (Lipinski definition) is 0. The molecule has 0 spiro atoms. The van der Waals surface area contributed by atoms with E-state index in [1.54, 1.807) is 7.11 Å². The van der Waals surface area contributed by atoms with Gasteiger partial charge in [-0.05, 0) is 43.0 Å². The van der Waals surface area contributed by atoms with E-state index in [0.29, 0.717) is 5.92 Å². The molecule has 1 atom stereocenters. The molecule has 86 valence electrons. The minimum Gasteiger partial charge on any atom is -0.496 e. The van der Waals surface area contributed by atoms with Gasteiger partial charge in [0.25, 0.3) is 0 Å². The maximum Gasteiger partial charge on any atom is 0.122 e. The molecule has 0 saturated carbocycles. The lowest BCUT2D eigenvalue weighted by atomic mass is 9.96. The first kappa shape index (κ1) is 12.9. The molecule has 2 heteroatoms. The largest absolute Gasteiger partial charge is 0.496 e. The van der Waals surface area contributed by atoms with E-state index >= 15 is 0 Å². The zero-order valence-corrected chi connectivity index (χ0v) is 11.0. The number of methoxy groups -OCH3 is 1. The average molecular weight is 237 g/mol. The van der Waals surface area contributed by atoms with Crippen molar-refractivity contribution in [1.82, 2.24) is 0 Å². The zero-order chi connectivity index (χ0) is 12.1. The van der Waals surface area contributed by atoms with E-state index in [1.165, 1.54) is 0 Å². The Bertz CT molecular complexity index is 426. The molecule has 1 aromatic rings. The van der Waals surface area contributed by atoms with E-state index in [0.717, 1.165) is 28.3 Å². The molecule has 0 aliphatic rings. The topological polar surface area (TPSA) is 9.23 Å². The van der Waals surface area contributed by atoms with Gasteiger partial charge in [-0.25, -0.2) is 0 Å². The lowest BCUT2D eigenvalue weighted by Gasteiger charge is -2.15. The molecule has 1 aromatic carbocycles. The van der Waals surface area contributed by atoms with Gasteiger partial charge in [-0.1, -0.05) is 18.5 Å². The van der Waals surface area contributed by atoms with E-state index in [2.05, 4.69) is 18.8 Å². The second-order valence-corrected chi connectivity index (χ2v) is 4.28. The van der Waals surface area contributed by atoms with Crippen molar-refractivity contribution in [2.45, 2.75) is 33.1 Å². The highest BCUT2D eigenvalue weighted by molar-refractivity contribution is 6.31. The van der Waals surface area contributed by atoms with Crippen molar-refractivity contribution >= 4 is 11.6 Å². The Hall–Kier alpha value is -1.13. The normalized spacial score (nSPS) is 11.6. The van der Waals surface area contributed by atoms with Gasteiger partial charge in [-0.15, -0.1) is 11.8 Å². The van der Waals surface area contributed by atoms with Crippen LogP contribution in [-0.4, -0.2) is 7.11 Å². The number of rotatable bonds is 3. The fraction of sp³-hybridized carbons (Fsp3) is 0.429. The zero-order valence-electron chi connectivity index (χ0n) is 10.2. The summed E-state index contributed by atoms with van der Waals surface area (Å²) in [5.74, 6) is 7.22. The Morgan fingerprint density at radius 1 is 1.44 bits per heavy atom. The highest BCUT2D eigenvalue weighted by Crippen LogP contribution is 2.33. The summed E-state index contributed by atoms with van der Waals surface area (Å²) in [6.07, 6.45) is 0.826. The van der Waals surface area contributed by atoms with Crippen LogP contribution in [0.2, 0.25) is 5.02 Å². The van der Waals surface area contributed by atoms with Crippen LogP contribution in [-0.2, 0) is 0 Å². The lowest BCUT2D eigenvalue weighted by Crippen LogP contribution is -1.98. The molecule has 1 unspecified atom stereocenters. The second kappa shape index (κ2) is 5.82. The van der Waals surface area contributed by atoms with Crippen molar-refractivity contribution in [2.75, 3.05) is 7.11 Å². The van der Waals surface area contributed by atoms with Gasteiger partial charge >= 0.3 is 0 Å². The van der Waals surface area contributed by atoms with E-state index in [-0.39, 0.29) is 0 Å². The number of halogens is 1. The van der Waals surface area contributed by atoms with Crippen LogP contribution >= 0.6 is 11.6 Å². The van der Waals surface area contributed by atoms with Crippen LogP contribution in [0.5, 0.6) is 5.75 Å². The minimum absolute atomic E-state index is 0.334. The number of aryl methyl sites for hydroxylation is 1. The lowest BCUT2D eigenvalue weighted by molar-refractivity contribution is 0.406. The van der Waals surface area contributed by atoms with Crippen molar-refractivity contribution in [3.8, 4) is 17.6 Å². The van der Waals surface area contributed by atoms with Gasteiger partial charge in [0.15, 0.2) is 0 Å². The van der Waals surface area contributed by atoms with Crippen LogP contribution < -0.4 is 4.74 Å². The van der Waals surface area contributed by atoms with Crippen molar-refractivity contribution in [3.05, 3.63) is 28.3 Å². The monoisotopic (exact) mass is 236 g/mol. The maximum absolute atomic E-state index is 6.13. The maximum atomic E-state index is 6.13. The SMILES string of the molecule is CC#CCC(C)c1cc(Cl)c(C)cc1OC. The van der Waals surface area contributed by atoms with E-state index in [9.17, 15) is 0 Å². The molecule has 1 nitrogen and oxygen atoms in total.